The monoisotopic (exact) mass is 281 g/mol. The van der Waals surface area contributed by atoms with Crippen molar-refractivity contribution in [3.8, 4) is 0 Å². The topological polar surface area (TPSA) is 94.6 Å². The van der Waals surface area contributed by atoms with Crippen molar-refractivity contribution in [3.05, 3.63) is 28.7 Å². The SMILES string of the molecule is COC(=O)CCCN(C)C(=O)Cn1cc(N)ccc1=O. The maximum absolute atomic E-state index is 11.9. The summed E-state index contributed by atoms with van der Waals surface area (Å²) < 4.78 is 5.77. The third-order valence-corrected chi connectivity index (χ3v) is 2.84. The van der Waals surface area contributed by atoms with Gasteiger partial charge in [0.1, 0.15) is 6.54 Å². The van der Waals surface area contributed by atoms with Crippen molar-refractivity contribution in [1.29, 1.82) is 0 Å². The minimum atomic E-state index is -0.307. The maximum atomic E-state index is 11.9. The molecule has 0 atom stereocenters. The Kier molecular flexibility index (Phi) is 5.76. The van der Waals surface area contributed by atoms with Crippen LogP contribution < -0.4 is 11.3 Å². The molecule has 1 aromatic heterocycles. The number of aromatic nitrogens is 1. The summed E-state index contributed by atoms with van der Waals surface area (Å²) in [5.74, 6) is -0.527. The highest BCUT2D eigenvalue weighted by molar-refractivity contribution is 5.76. The molecule has 0 aliphatic heterocycles. The van der Waals surface area contributed by atoms with Gasteiger partial charge in [0, 0.05) is 38.0 Å². The van der Waals surface area contributed by atoms with E-state index in [1.54, 1.807) is 7.05 Å². The zero-order valence-electron chi connectivity index (χ0n) is 11.7. The molecule has 0 aromatic carbocycles. The van der Waals surface area contributed by atoms with E-state index in [2.05, 4.69) is 4.74 Å². The normalized spacial score (nSPS) is 10.1. The molecule has 1 amide bonds. The summed E-state index contributed by atoms with van der Waals surface area (Å²) in [4.78, 5) is 35.9. The smallest absolute Gasteiger partial charge is 0.305 e. The second kappa shape index (κ2) is 7.32. The summed E-state index contributed by atoms with van der Waals surface area (Å²) in [5.41, 5.74) is 5.71. The number of esters is 1. The van der Waals surface area contributed by atoms with Gasteiger partial charge in [-0.2, -0.15) is 0 Å². The van der Waals surface area contributed by atoms with Crippen molar-refractivity contribution < 1.29 is 14.3 Å². The number of nitrogen functional groups attached to an aromatic ring is 1. The summed E-state index contributed by atoms with van der Waals surface area (Å²) in [5, 5.41) is 0. The van der Waals surface area contributed by atoms with Crippen molar-refractivity contribution in [2.75, 3.05) is 26.4 Å². The molecule has 1 rings (SSSR count). The molecule has 0 saturated carbocycles. The number of pyridine rings is 1. The number of carbonyl (C=O) groups is 2. The van der Waals surface area contributed by atoms with Crippen LogP contribution in [0.25, 0.3) is 0 Å². The van der Waals surface area contributed by atoms with E-state index in [1.165, 1.54) is 34.9 Å². The van der Waals surface area contributed by atoms with Gasteiger partial charge in [-0.3, -0.25) is 14.4 Å². The first-order chi connectivity index (χ1) is 9.43. The minimum absolute atomic E-state index is 0.0708. The Balaban J connectivity index is 2.51. The van der Waals surface area contributed by atoms with Gasteiger partial charge in [-0.15, -0.1) is 0 Å². The van der Waals surface area contributed by atoms with Crippen molar-refractivity contribution >= 4 is 17.6 Å². The first-order valence-electron chi connectivity index (χ1n) is 6.20. The van der Waals surface area contributed by atoms with Crippen LogP contribution in [0.5, 0.6) is 0 Å². The molecular weight excluding hydrogens is 262 g/mol. The Morgan fingerprint density at radius 1 is 1.40 bits per heavy atom. The lowest BCUT2D eigenvalue weighted by Crippen LogP contribution is -2.34. The summed E-state index contributed by atoms with van der Waals surface area (Å²) in [7, 11) is 2.94. The number of rotatable bonds is 6. The Morgan fingerprint density at radius 3 is 2.75 bits per heavy atom. The molecule has 0 radical (unpaired) electrons. The van der Waals surface area contributed by atoms with E-state index >= 15 is 0 Å². The molecule has 0 bridgehead atoms. The summed E-state index contributed by atoms with van der Waals surface area (Å²) in [6.45, 7) is 0.351. The highest BCUT2D eigenvalue weighted by atomic mass is 16.5. The van der Waals surface area contributed by atoms with Gasteiger partial charge in [0.25, 0.3) is 5.56 Å². The molecule has 1 aromatic rings. The molecule has 0 unspecified atom stereocenters. The fourth-order valence-electron chi connectivity index (χ4n) is 1.63. The molecule has 0 fully saturated rings. The molecule has 7 nitrogen and oxygen atoms in total. The van der Waals surface area contributed by atoms with Crippen LogP contribution in [-0.2, 0) is 20.9 Å². The molecule has 0 saturated heterocycles. The van der Waals surface area contributed by atoms with E-state index in [0.29, 0.717) is 18.7 Å². The first kappa shape index (κ1) is 15.7. The predicted molar refractivity (Wildman–Crippen MR) is 74.0 cm³/mol. The number of methoxy groups -OCH3 is 1. The molecule has 1 heterocycles. The minimum Gasteiger partial charge on any atom is -0.469 e. The Bertz CT molecular complexity index is 539. The van der Waals surface area contributed by atoms with Crippen LogP contribution in [-0.4, -0.2) is 42.0 Å². The highest BCUT2D eigenvalue weighted by Gasteiger charge is 2.11. The van der Waals surface area contributed by atoms with Crippen LogP contribution in [0.4, 0.5) is 5.69 Å². The molecule has 0 spiro atoms. The second-order valence-corrected chi connectivity index (χ2v) is 4.42. The molecule has 0 aliphatic carbocycles. The summed E-state index contributed by atoms with van der Waals surface area (Å²) >= 11 is 0. The molecule has 7 heteroatoms. The van der Waals surface area contributed by atoms with E-state index in [1.807, 2.05) is 0 Å². The number of nitrogens with zero attached hydrogens (tertiary/aromatic N) is 2. The Labute approximate surface area is 116 Å². The van der Waals surface area contributed by atoms with Crippen LogP contribution >= 0.6 is 0 Å². The predicted octanol–water partition coefficient (Wildman–Crippen LogP) is -0.158. The van der Waals surface area contributed by atoms with Gasteiger partial charge in [0.2, 0.25) is 5.91 Å². The quantitative estimate of drug-likeness (QED) is 0.731. The lowest BCUT2D eigenvalue weighted by Gasteiger charge is -2.17. The molecule has 0 aliphatic rings. The van der Waals surface area contributed by atoms with Gasteiger partial charge in [-0.05, 0) is 12.5 Å². The highest BCUT2D eigenvalue weighted by Crippen LogP contribution is 1.99. The second-order valence-electron chi connectivity index (χ2n) is 4.42. The number of anilines is 1. The number of likely N-dealkylation sites (N-methyl/N-ethyl adjacent to an activating group) is 1. The average molecular weight is 281 g/mol. The summed E-state index contributed by atoms with van der Waals surface area (Å²) in [6, 6.07) is 2.81. The largest absolute Gasteiger partial charge is 0.469 e. The fraction of sp³-hybridized carbons (Fsp3) is 0.462. The number of hydrogen-bond donors (Lipinski definition) is 1. The van der Waals surface area contributed by atoms with Crippen LogP contribution in [0.15, 0.2) is 23.1 Å². The zero-order chi connectivity index (χ0) is 15.1. The van der Waals surface area contributed by atoms with Crippen LogP contribution in [0.3, 0.4) is 0 Å². The van der Waals surface area contributed by atoms with Gasteiger partial charge in [0.05, 0.1) is 7.11 Å². The van der Waals surface area contributed by atoms with Gasteiger partial charge in [-0.25, -0.2) is 0 Å². The number of hydrogen-bond acceptors (Lipinski definition) is 5. The van der Waals surface area contributed by atoms with E-state index in [9.17, 15) is 14.4 Å². The summed E-state index contributed by atoms with van der Waals surface area (Å²) in [6.07, 6.45) is 2.20. The van der Waals surface area contributed by atoms with Gasteiger partial charge in [-0.1, -0.05) is 0 Å². The molecule has 2 N–H and O–H groups in total. The van der Waals surface area contributed by atoms with Crippen molar-refractivity contribution in [3.63, 3.8) is 0 Å². The van der Waals surface area contributed by atoms with Gasteiger partial charge < -0.3 is 19.9 Å². The van der Waals surface area contributed by atoms with Crippen molar-refractivity contribution in [2.24, 2.45) is 0 Å². The lowest BCUT2D eigenvalue weighted by atomic mass is 10.3. The number of amides is 1. The third kappa shape index (κ3) is 4.75. The van der Waals surface area contributed by atoms with Crippen LogP contribution in [0.1, 0.15) is 12.8 Å². The van der Waals surface area contributed by atoms with E-state index in [4.69, 9.17) is 5.73 Å². The van der Waals surface area contributed by atoms with E-state index in [0.717, 1.165) is 0 Å². The van der Waals surface area contributed by atoms with Crippen LogP contribution in [0.2, 0.25) is 0 Å². The van der Waals surface area contributed by atoms with Crippen molar-refractivity contribution in [2.45, 2.75) is 19.4 Å². The average Bonchev–Trinajstić information content (AvgIpc) is 2.42. The molecule has 110 valence electrons. The lowest BCUT2D eigenvalue weighted by molar-refractivity contribution is -0.141. The maximum Gasteiger partial charge on any atom is 0.305 e. The van der Waals surface area contributed by atoms with E-state index in [-0.39, 0.29) is 30.4 Å². The molecular formula is C13H19N3O4. The Hall–Kier alpha value is -2.31. The number of ether oxygens (including phenoxy) is 1. The number of nitrogens with two attached hydrogens (primary N) is 1. The van der Waals surface area contributed by atoms with E-state index < -0.39 is 0 Å². The standard InChI is InChI=1S/C13H19N3O4/c1-15(7-3-4-13(19)20-2)12(18)9-16-8-10(14)5-6-11(16)17/h5-6,8H,3-4,7,9,14H2,1-2H3. The third-order valence-electron chi connectivity index (χ3n) is 2.84. The molecule has 20 heavy (non-hydrogen) atoms. The van der Waals surface area contributed by atoms with Gasteiger partial charge >= 0.3 is 5.97 Å². The Morgan fingerprint density at radius 2 is 2.10 bits per heavy atom. The number of carbonyl (C=O) groups excluding carboxylic acids is 2. The van der Waals surface area contributed by atoms with Crippen molar-refractivity contribution in [1.82, 2.24) is 9.47 Å². The first-order valence-corrected chi connectivity index (χ1v) is 6.20. The van der Waals surface area contributed by atoms with Crippen LogP contribution in [0, 0.1) is 0 Å². The zero-order valence-corrected chi connectivity index (χ0v) is 11.7. The fourth-order valence-corrected chi connectivity index (χ4v) is 1.63. The van der Waals surface area contributed by atoms with Gasteiger partial charge in [0.15, 0.2) is 0 Å².